The van der Waals surface area contributed by atoms with Gasteiger partial charge in [-0.05, 0) is 13.0 Å². The molecule has 0 aliphatic rings. The normalized spacial score (nSPS) is 13.0. The number of hydrogen-bond acceptors (Lipinski definition) is 3. The molecule has 2 N–H and O–H groups in total. The molecule has 0 amide bonds. The summed E-state index contributed by atoms with van der Waals surface area (Å²) in [5.41, 5.74) is 6.83. The Hall–Kier alpha value is -1.49. The van der Waals surface area contributed by atoms with E-state index in [4.69, 9.17) is 17.3 Å². The van der Waals surface area contributed by atoms with Gasteiger partial charge in [0.05, 0.1) is 17.9 Å². The average Bonchev–Trinajstić information content (AvgIpc) is 2.75. The van der Waals surface area contributed by atoms with Crippen molar-refractivity contribution in [2.24, 2.45) is 7.05 Å². The lowest BCUT2D eigenvalue weighted by Gasteiger charge is -2.14. The Morgan fingerprint density at radius 2 is 2.20 bits per heavy atom. The van der Waals surface area contributed by atoms with E-state index in [1.807, 2.05) is 20.0 Å². The maximum absolute atomic E-state index is 5.84. The van der Waals surface area contributed by atoms with Crippen LogP contribution in [0.3, 0.4) is 0 Å². The number of nitrogens with two attached hydrogens (primary N) is 1. The fourth-order valence-electron chi connectivity index (χ4n) is 1.58. The molecule has 0 saturated carbocycles. The van der Waals surface area contributed by atoms with E-state index < -0.39 is 0 Å². The monoisotopic (exact) mass is 225 g/mol. The summed E-state index contributed by atoms with van der Waals surface area (Å²) in [4.78, 5) is 0. The highest BCUT2D eigenvalue weighted by Gasteiger charge is 2.16. The van der Waals surface area contributed by atoms with E-state index in [2.05, 4.69) is 10.2 Å². The summed E-state index contributed by atoms with van der Waals surface area (Å²) in [7, 11) is 1.88. The number of anilines is 1. The summed E-state index contributed by atoms with van der Waals surface area (Å²) in [6, 6.07) is 1.95. The molecule has 0 radical (unpaired) electrons. The molecule has 0 spiro atoms. The van der Waals surface area contributed by atoms with Crippen LogP contribution >= 0.6 is 11.6 Å². The predicted octanol–water partition coefficient (Wildman–Crippen LogP) is 1.46. The molecule has 80 valence electrons. The van der Waals surface area contributed by atoms with Crippen molar-refractivity contribution in [3.8, 4) is 0 Å². The minimum atomic E-state index is 0.0185. The summed E-state index contributed by atoms with van der Waals surface area (Å²) in [5, 5.41) is 8.71. The summed E-state index contributed by atoms with van der Waals surface area (Å²) in [6.45, 7) is 2.00. The second kappa shape index (κ2) is 3.58. The molecule has 5 nitrogen and oxygen atoms in total. The molecule has 0 fully saturated rings. The van der Waals surface area contributed by atoms with Crippen LogP contribution in [0.15, 0.2) is 18.5 Å². The van der Waals surface area contributed by atoms with Gasteiger partial charge >= 0.3 is 0 Å². The number of nitrogens with zero attached hydrogens (tertiary/aromatic N) is 4. The molecular formula is C9H12ClN5. The van der Waals surface area contributed by atoms with E-state index in [9.17, 15) is 0 Å². The summed E-state index contributed by atoms with van der Waals surface area (Å²) >= 11 is 5.84. The van der Waals surface area contributed by atoms with Gasteiger partial charge in [0.2, 0.25) is 0 Å². The third kappa shape index (κ3) is 1.59. The number of rotatable bonds is 2. The van der Waals surface area contributed by atoms with Gasteiger partial charge in [-0.1, -0.05) is 11.6 Å². The van der Waals surface area contributed by atoms with Crippen LogP contribution in [0.25, 0.3) is 0 Å². The van der Waals surface area contributed by atoms with Gasteiger partial charge in [-0.2, -0.15) is 10.2 Å². The molecule has 15 heavy (non-hydrogen) atoms. The first-order valence-electron chi connectivity index (χ1n) is 4.57. The van der Waals surface area contributed by atoms with Crippen molar-refractivity contribution in [2.75, 3.05) is 5.73 Å². The van der Waals surface area contributed by atoms with Gasteiger partial charge in [0.25, 0.3) is 0 Å². The molecule has 2 rings (SSSR count). The van der Waals surface area contributed by atoms with Crippen LogP contribution in [0.1, 0.15) is 18.7 Å². The highest BCUT2D eigenvalue weighted by Crippen LogP contribution is 2.24. The molecule has 1 unspecified atom stereocenters. The van der Waals surface area contributed by atoms with E-state index in [1.165, 1.54) is 0 Å². The molecule has 0 aliphatic carbocycles. The van der Waals surface area contributed by atoms with E-state index in [1.54, 1.807) is 21.8 Å². The number of aryl methyl sites for hydroxylation is 1. The van der Waals surface area contributed by atoms with E-state index >= 15 is 0 Å². The predicted molar refractivity (Wildman–Crippen MR) is 58.7 cm³/mol. The molecule has 2 heterocycles. The molecular weight excluding hydrogens is 214 g/mol. The molecule has 0 aromatic carbocycles. The Kier molecular flexibility index (Phi) is 2.40. The van der Waals surface area contributed by atoms with Crippen molar-refractivity contribution in [3.63, 3.8) is 0 Å². The Labute approximate surface area is 92.4 Å². The Balaban J connectivity index is 2.41. The molecule has 0 saturated heterocycles. The first-order valence-corrected chi connectivity index (χ1v) is 4.95. The number of hydrogen-bond donors (Lipinski definition) is 1. The van der Waals surface area contributed by atoms with Crippen LogP contribution in [0.2, 0.25) is 5.02 Å². The molecule has 2 aromatic heterocycles. The van der Waals surface area contributed by atoms with Gasteiger partial charge in [-0.25, -0.2) is 4.68 Å². The first kappa shape index (κ1) is 10.0. The maximum Gasteiger partial charge on any atom is 0.141 e. The Morgan fingerprint density at radius 3 is 2.67 bits per heavy atom. The van der Waals surface area contributed by atoms with Crippen LogP contribution in [-0.2, 0) is 7.05 Å². The second-order valence-corrected chi connectivity index (χ2v) is 3.79. The zero-order valence-corrected chi connectivity index (χ0v) is 9.31. The summed E-state index contributed by atoms with van der Waals surface area (Å²) < 4.78 is 3.47. The van der Waals surface area contributed by atoms with Gasteiger partial charge in [0, 0.05) is 13.2 Å². The van der Waals surface area contributed by atoms with Gasteiger partial charge < -0.3 is 5.73 Å². The van der Waals surface area contributed by atoms with E-state index in [0.717, 1.165) is 5.69 Å². The van der Waals surface area contributed by atoms with Gasteiger partial charge in [0.15, 0.2) is 0 Å². The summed E-state index contributed by atoms with van der Waals surface area (Å²) in [5.74, 6) is 0.477. The molecule has 1 atom stereocenters. The third-order valence-electron chi connectivity index (χ3n) is 2.44. The topological polar surface area (TPSA) is 61.7 Å². The lowest BCUT2D eigenvalue weighted by molar-refractivity contribution is 0.527. The lowest BCUT2D eigenvalue weighted by atomic mass is 10.2. The molecule has 6 heteroatoms. The first-order chi connectivity index (χ1) is 7.11. The zero-order valence-electron chi connectivity index (χ0n) is 8.55. The van der Waals surface area contributed by atoms with Gasteiger partial charge in [-0.3, -0.25) is 4.68 Å². The van der Waals surface area contributed by atoms with Crippen LogP contribution in [-0.4, -0.2) is 19.6 Å². The van der Waals surface area contributed by atoms with Crippen molar-refractivity contribution in [1.29, 1.82) is 0 Å². The highest BCUT2D eigenvalue weighted by molar-refractivity contribution is 6.32. The Morgan fingerprint density at radius 1 is 1.47 bits per heavy atom. The van der Waals surface area contributed by atoms with Crippen molar-refractivity contribution in [1.82, 2.24) is 19.6 Å². The summed E-state index contributed by atoms with van der Waals surface area (Å²) in [6.07, 6.45) is 3.29. The lowest BCUT2D eigenvalue weighted by Crippen LogP contribution is -2.14. The van der Waals surface area contributed by atoms with Crippen molar-refractivity contribution in [3.05, 3.63) is 29.2 Å². The maximum atomic E-state index is 5.84. The quantitative estimate of drug-likeness (QED) is 0.842. The van der Waals surface area contributed by atoms with Crippen molar-refractivity contribution < 1.29 is 0 Å². The van der Waals surface area contributed by atoms with Gasteiger partial charge in [-0.15, -0.1) is 0 Å². The third-order valence-corrected chi connectivity index (χ3v) is 2.73. The van der Waals surface area contributed by atoms with Crippen LogP contribution in [0.4, 0.5) is 5.82 Å². The SMILES string of the molecule is CC(c1ccnn1C)n1ncc(Cl)c1N. The smallest absolute Gasteiger partial charge is 0.141 e. The standard InChI is InChI=1S/C9H12ClN5/c1-6(8-3-4-12-14(8)2)15-9(11)7(10)5-13-15/h3-6H,11H2,1-2H3. The highest BCUT2D eigenvalue weighted by atomic mass is 35.5. The van der Waals surface area contributed by atoms with Crippen LogP contribution in [0, 0.1) is 0 Å². The van der Waals surface area contributed by atoms with Crippen LogP contribution < -0.4 is 5.73 Å². The fourth-order valence-corrected chi connectivity index (χ4v) is 1.71. The molecule has 2 aromatic rings. The number of aromatic nitrogens is 4. The minimum absolute atomic E-state index is 0.0185. The van der Waals surface area contributed by atoms with Crippen molar-refractivity contribution >= 4 is 17.4 Å². The van der Waals surface area contributed by atoms with Crippen molar-refractivity contribution in [2.45, 2.75) is 13.0 Å². The average molecular weight is 226 g/mol. The zero-order chi connectivity index (χ0) is 11.0. The molecule has 0 aliphatic heterocycles. The number of halogens is 1. The Bertz CT molecular complexity index is 473. The van der Waals surface area contributed by atoms with E-state index in [-0.39, 0.29) is 6.04 Å². The largest absolute Gasteiger partial charge is 0.383 e. The van der Waals surface area contributed by atoms with E-state index in [0.29, 0.717) is 10.8 Å². The second-order valence-electron chi connectivity index (χ2n) is 3.38. The minimum Gasteiger partial charge on any atom is -0.383 e. The van der Waals surface area contributed by atoms with Gasteiger partial charge in [0.1, 0.15) is 10.8 Å². The number of nitrogen functional groups attached to an aromatic ring is 1. The van der Waals surface area contributed by atoms with Crippen LogP contribution in [0.5, 0.6) is 0 Å². The fraction of sp³-hybridized carbons (Fsp3) is 0.333. The molecule has 0 bridgehead atoms.